The molecule has 0 heterocycles. The zero-order valence-electron chi connectivity index (χ0n) is 6.69. The minimum atomic E-state index is 0.643. The fraction of sp³-hybridized carbons (Fsp3) is 0.0909. The van der Waals surface area contributed by atoms with E-state index in [1.807, 2.05) is 6.07 Å². The third-order valence-corrected chi connectivity index (χ3v) is 1.63. The van der Waals surface area contributed by atoms with Gasteiger partial charge in [-0.15, -0.1) is 12.3 Å². The van der Waals surface area contributed by atoms with Gasteiger partial charge in [0.1, 0.15) is 0 Å². The van der Waals surface area contributed by atoms with E-state index < -0.39 is 0 Å². The van der Waals surface area contributed by atoms with Crippen LogP contribution in [0.3, 0.4) is 0 Å². The summed E-state index contributed by atoms with van der Waals surface area (Å²) < 4.78 is 0. The van der Waals surface area contributed by atoms with E-state index in [9.17, 15) is 0 Å². The van der Waals surface area contributed by atoms with Gasteiger partial charge in [-0.25, -0.2) is 0 Å². The van der Waals surface area contributed by atoms with Gasteiger partial charge in [0.25, 0.3) is 0 Å². The molecule has 0 nitrogen and oxygen atoms in total. The lowest BCUT2D eigenvalue weighted by Gasteiger charge is -1.96. The van der Waals surface area contributed by atoms with Crippen molar-refractivity contribution in [2.75, 3.05) is 0 Å². The molecule has 0 atom stereocenters. The van der Waals surface area contributed by atoms with Crippen LogP contribution < -0.4 is 0 Å². The molecule has 12 heavy (non-hydrogen) atoms. The van der Waals surface area contributed by atoms with Crippen LogP contribution in [0.25, 0.3) is 0 Å². The Morgan fingerprint density at radius 2 is 2.08 bits per heavy atom. The second kappa shape index (κ2) is 3.86. The minimum Gasteiger partial charge on any atom is -0.115 e. The van der Waals surface area contributed by atoms with Crippen molar-refractivity contribution in [1.29, 1.82) is 0 Å². The molecule has 0 aliphatic heterocycles. The third-order valence-electron chi connectivity index (χ3n) is 1.40. The summed E-state index contributed by atoms with van der Waals surface area (Å²) in [6.45, 7) is 1.77. The number of hydrogen-bond acceptors (Lipinski definition) is 0. The van der Waals surface area contributed by atoms with E-state index in [0.717, 1.165) is 11.1 Å². The number of benzene rings is 1. The topological polar surface area (TPSA) is 0 Å². The summed E-state index contributed by atoms with van der Waals surface area (Å²) in [6, 6.07) is 5.34. The van der Waals surface area contributed by atoms with E-state index in [2.05, 4.69) is 17.8 Å². The highest BCUT2D eigenvalue weighted by molar-refractivity contribution is 6.30. The number of terminal acetylenes is 1. The van der Waals surface area contributed by atoms with E-state index in [1.165, 1.54) is 0 Å². The monoisotopic (exact) mass is 174 g/mol. The summed E-state index contributed by atoms with van der Waals surface area (Å²) in [7, 11) is 0. The van der Waals surface area contributed by atoms with Crippen LogP contribution in [0.15, 0.2) is 18.2 Å². The zero-order valence-corrected chi connectivity index (χ0v) is 7.44. The summed E-state index contributed by atoms with van der Waals surface area (Å²) in [5.74, 6) is 8.23. The molecule has 0 amide bonds. The van der Waals surface area contributed by atoms with Gasteiger partial charge in [0.2, 0.25) is 0 Å². The molecule has 0 radical (unpaired) electrons. The van der Waals surface area contributed by atoms with Gasteiger partial charge in [0.05, 0.1) is 0 Å². The average Bonchev–Trinajstić information content (AvgIpc) is 2.08. The van der Waals surface area contributed by atoms with Gasteiger partial charge in [0, 0.05) is 16.1 Å². The van der Waals surface area contributed by atoms with Crippen molar-refractivity contribution in [1.82, 2.24) is 0 Å². The fourth-order valence-corrected chi connectivity index (χ4v) is 1.05. The Kier molecular flexibility index (Phi) is 2.81. The number of halogens is 1. The standard InChI is InChI=1S/C11H7Cl/c1-3-5-10-6-7-11(12)8-9(10)4-2/h2,6-8H,1H3. The lowest BCUT2D eigenvalue weighted by atomic mass is 10.1. The van der Waals surface area contributed by atoms with E-state index >= 15 is 0 Å². The Labute approximate surface area is 77.6 Å². The highest BCUT2D eigenvalue weighted by Crippen LogP contribution is 2.14. The highest BCUT2D eigenvalue weighted by atomic mass is 35.5. The molecule has 0 unspecified atom stereocenters. The maximum Gasteiger partial charge on any atom is 0.0419 e. The van der Waals surface area contributed by atoms with Crippen LogP contribution in [0, 0.1) is 24.2 Å². The summed E-state index contributed by atoms with van der Waals surface area (Å²) in [5.41, 5.74) is 1.60. The van der Waals surface area contributed by atoms with Crippen LogP contribution in [-0.4, -0.2) is 0 Å². The SMILES string of the molecule is C#Cc1cc(Cl)ccc1C#CC. The average molecular weight is 175 g/mol. The first-order valence-electron chi connectivity index (χ1n) is 3.47. The third kappa shape index (κ3) is 1.82. The quantitative estimate of drug-likeness (QED) is 0.531. The van der Waals surface area contributed by atoms with Gasteiger partial charge in [-0.05, 0) is 25.1 Å². The van der Waals surface area contributed by atoms with Crippen LogP contribution in [0.2, 0.25) is 5.02 Å². The first kappa shape index (κ1) is 8.72. The first-order chi connectivity index (χ1) is 5.77. The van der Waals surface area contributed by atoms with E-state index in [0.29, 0.717) is 5.02 Å². The summed E-state index contributed by atoms with van der Waals surface area (Å²) in [6.07, 6.45) is 5.27. The van der Waals surface area contributed by atoms with Gasteiger partial charge in [0.15, 0.2) is 0 Å². The second-order valence-corrected chi connectivity index (χ2v) is 2.65. The van der Waals surface area contributed by atoms with Crippen LogP contribution in [-0.2, 0) is 0 Å². The van der Waals surface area contributed by atoms with Gasteiger partial charge in [-0.3, -0.25) is 0 Å². The predicted octanol–water partition coefficient (Wildman–Crippen LogP) is 2.69. The second-order valence-electron chi connectivity index (χ2n) is 2.21. The smallest absolute Gasteiger partial charge is 0.0419 e. The summed E-state index contributed by atoms with van der Waals surface area (Å²) >= 11 is 5.75. The van der Waals surface area contributed by atoms with E-state index in [-0.39, 0.29) is 0 Å². The molecule has 1 rings (SSSR count). The van der Waals surface area contributed by atoms with Crippen molar-refractivity contribution in [3.63, 3.8) is 0 Å². The molecule has 1 aromatic rings. The molecule has 1 aromatic carbocycles. The van der Waals surface area contributed by atoms with Gasteiger partial charge >= 0.3 is 0 Å². The Balaban J connectivity index is 3.29. The summed E-state index contributed by atoms with van der Waals surface area (Å²) in [4.78, 5) is 0. The lowest BCUT2D eigenvalue weighted by molar-refractivity contribution is 1.58. The molecule has 0 fully saturated rings. The Morgan fingerprint density at radius 1 is 1.33 bits per heavy atom. The lowest BCUT2D eigenvalue weighted by Crippen LogP contribution is -1.82. The summed E-state index contributed by atoms with van der Waals surface area (Å²) in [5, 5.41) is 0.643. The van der Waals surface area contributed by atoms with E-state index in [4.69, 9.17) is 18.0 Å². The van der Waals surface area contributed by atoms with Crippen molar-refractivity contribution < 1.29 is 0 Å². The van der Waals surface area contributed by atoms with Crippen molar-refractivity contribution in [3.8, 4) is 24.2 Å². The maximum atomic E-state index is 5.75. The largest absolute Gasteiger partial charge is 0.115 e. The van der Waals surface area contributed by atoms with Gasteiger partial charge < -0.3 is 0 Å². The molecule has 1 heteroatoms. The molecule has 0 aromatic heterocycles. The van der Waals surface area contributed by atoms with Crippen molar-refractivity contribution in [2.45, 2.75) is 6.92 Å². The van der Waals surface area contributed by atoms with Crippen molar-refractivity contribution in [3.05, 3.63) is 34.3 Å². The molecule has 0 aliphatic carbocycles. The molecule has 0 spiro atoms. The maximum absolute atomic E-state index is 5.75. The van der Waals surface area contributed by atoms with Crippen LogP contribution >= 0.6 is 11.6 Å². The van der Waals surface area contributed by atoms with Crippen LogP contribution in [0.4, 0.5) is 0 Å². The fourth-order valence-electron chi connectivity index (χ4n) is 0.880. The molecule has 0 N–H and O–H groups in total. The number of rotatable bonds is 0. The van der Waals surface area contributed by atoms with Crippen molar-refractivity contribution in [2.24, 2.45) is 0 Å². The number of hydrogen-bond donors (Lipinski definition) is 0. The van der Waals surface area contributed by atoms with Gasteiger partial charge in [-0.1, -0.05) is 23.4 Å². The molecular weight excluding hydrogens is 168 g/mol. The van der Waals surface area contributed by atoms with Crippen LogP contribution in [0.5, 0.6) is 0 Å². The molecule has 0 bridgehead atoms. The molecule has 58 valence electrons. The van der Waals surface area contributed by atoms with Crippen molar-refractivity contribution >= 4 is 11.6 Å². The zero-order chi connectivity index (χ0) is 8.97. The Hall–Kier alpha value is -1.37. The molecule has 0 saturated carbocycles. The molecule has 0 aliphatic rings. The molecular formula is C11H7Cl. The Morgan fingerprint density at radius 3 is 2.67 bits per heavy atom. The van der Waals surface area contributed by atoms with Crippen LogP contribution in [0.1, 0.15) is 18.1 Å². The molecule has 0 saturated heterocycles. The normalized spacial score (nSPS) is 8.08. The Bertz CT molecular complexity index is 386. The minimum absolute atomic E-state index is 0.643. The van der Waals surface area contributed by atoms with Gasteiger partial charge in [-0.2, -0.15) is 0 Å². The first-order valence-corrected chi connectivity index (χ1v) is 3.84. The predicted molar refractivity (Wildman–Crippen MR) is 51.9 cm³/mol. The van der Waals surface area contributed by atoms with E-state index in [1.54, 1.807) is 19.1 Å². The highest BCUT2D eigenvalue weighted by Gasteiger charge is 1.96.